The number of hydrogen-bond acceptors (Lipinski definition) is 4. The van der Waals surface area contributed by atoms with Crippen LogP contribution >= 0.6 is 0 Å². The summed E-state index contributed by atoms with van der Waals surface area (Å²) in [6, 6.07) is 21.7. The molecule has 1 saturated heterocycles. The van der Waals surface area contributed by atoms with Gasteiger partial charge in [-0.1, -0.05) is 90.1 Å². The molecular weight excluding hydrogens is 462 g/mol. The van der Waals surface area contributed by atoms with Crippen molar-refractivity contribution in [3.8, 4) is 5.75 Å². The van der Waals surface area contributed by atoms with Crippen LogP contribution in [-0.4, -0.2) is 23.9 Å². The van der Waals surface area contributed by atoms with E-state index in [2.05, 4.69) is 41.5 Å². The van der Waals surface area contributed by atoms with Gasteiger partial charge >= 0.3 is 0 Å². The Balaban J connectivity index is 1.93. The number of amides is 1. The number of carbonyl (C=O) groups excluding carboxylic acids is 2. The van der Waals surface area contributed by atoms with Crippen molar-refractivity contribution < 1.29 is 19.4 Å². The van der Waals surface area contributed by atoms with Crippen LogP contribution in [0.1, 0.15) is 69.8 Å². The van der Waals surface area contributed by atoms with E-state index in [1.54, 1.807) is 24.3 Å². The molecule has 0 bridgehead atoms. The quantitative estimate of drug-likeness (QED) is 0.241. The number of ketones is 1. The lowest BCUT2D eigenvalue weighted by Gasteiger charge is -2.27. The molecule has 0 aliphatic carbocycles. The molecule has 0 aromatic heterocycles. The molecule has 1 aliphatic rings. The maximum Gasteiger partial charge on any atom is 0.300 e. The van der Waals surface area contributed by atoms with Crippen LogP contribution < -0.4 is 9.64 Å². The normalized spacial score (nSPS) is 17.8. The highest BCUT2D eigenvalue weighted by molar-refractivity contribution is 6.51. The molecule has 0 spiro atoms. The SMILES string of the molecule is COc1ccccc1/C(O)=C1/C(=O)C(=O)N(c2ccc(C(C)(C)C)cc2)C1c1ccc(C(C)(C)C)cc1. The maximum absolute atomic E-state index is 13.5. The van der Waals surface area contributed by atoms with Gasteiger partial charge in [0.15, 0.2) is 0 Å². The molecule has 1 amide bonds. The molecule has 37 heavy (non-hydrogen) atoms. The largest absolute Gasteiger partial charge is 0.507 e. The predicted molar refractivity (Wildman–Crippen MR) is 148 cm³/mol. The molecule has 5 nitrogen and oxygen atoms in total. The van der Waals surface area contributed by atoms with E-state index < -0.39 is 17.7 Å². The third-order valence-corrected chi connectivity index (χ3v) is 6.91. The molecule has 0 radical (unpaired) electrons. The summed E-state index contributed by atoms with van der Waals surface area (Å²) in [6.07, 6.45) is 0. The molecule has 1 fully saturated rings. The van der Waals surface area contributed by atoms with Gasteiger partial charge in [-0.25, -0.2) is 0 Å². The molecule has 0 saturated carbocycles. The lowest BCUT2D eigenvalue weighted by atomic mass is 9.85. The monoisotopic (exact) mass is 497 g/mol. The van der Waals surface area contributed by atoms with Crippen molar-refractivity contribution in [1.29, 1.82) is 0 Å². The average Bonchev–Trinajstić information content (AvgIpc) is 3.13. The van der Waals surface area contributed by atoms with E-state index in [9.17, 15) is 14.7 Å². The van der Waals surface area contributed by atoms with Crippen LogP contribution in [-0.2, 0) is 20.4 Å². The van der Waals surface area contributed by atoms with Crippen molar-refractivity contribution in [1.82, 2.24) is 0 Å². The molecular formula is C32H35NO4. The highest BCUT2D eigenvalue weighted by Gasteiger charge is 2.47. The molecule has 4 rings (SSSR count). The zero-order valence-corrected chi connectivity index (χ0v) is 22.6. The fourth-order valence-electron chi connectivity index (χ4n) is 4.69. The van der Waals surface area contributed by atoms with Crippen molar-refractivity contribution >= 4 is 23.1 Å². The van der Waals surface area contributed by atoms with E-state index in [4.69, 9.17) is 4.74 Å². The lowest BCUT2D eigenvalue weighted by Crippen LogP contribution is -2.29. The van der Waals surface area contributed by atoms with Crippen molar-refractivity contribution in [2.75, 3.05) is 12.0 Å². The minimum atomic E-state index is -0.792. The molecule has 1 N–H and O–H groups in total. The van der Waals surface area contributed by atoms with E-state index in [0.717, 1.165) is 16.7 Å². The minimum absolute atomic E-state index is 0.0397. The number of aliphatic hydroxyl groups is 1. The van der Waals surface area contributed by atoms with Crippen molar-refractivity contribution in [2.24, 2.45) is 0 Å². The number of benzene rings is 3. The molecule has 1 heterocycles. The number of nitrogens with zero attached hydrogens (tertiary/aromatic N) is 1. The molecule has 192 valence electrons. The van der Waals surface area contributed by atoms with Gasteiger partial charge in [-0.05, 0) is 51.8 Å². The zero-order chi connectivity index (χ0) is 27.1. The Morgan fingerprint density at radius 3 is 1.81 bits per heavy atom. The third-order valence-electron chi connectivity index (χ3n) is 6.91. The van der Waals surface area contributed by atoms with Crippen LogP contribution in [0.5, 0.6) is 5.75 Å². The van der Waals surface area contributed by atoms with E-state index >= 15 is 0 Å². The molecule has 1 aliphatic heterocycles. The Labute approximate surface area is 219 Å². The molecule has 5 heteroatoms. The fourth-order valence-corrected chi connectivity index (χ4v) is 4.69. The first-order chi connectivity index (χ1) is 17.3. The van der Waals surface area contributed by atoms with Crippen LogP contribution in [0.3, 0.4) is 0 Å². The number of anilines is 1. The van der Waals surface area contributed by atoms with Crippen molar-refractivity contribution in [3.05, 3.63) is 101 Å². The van der Waals surface area contributed by atoms with Gasteiger partial charge in [0.05, 0.1) is 24.3 Å². The van der Waals surface area contributed by atoms with Crippen molar-refractivity contribution in [2.45, 2.75) is 58.4 Å². The van der Waals surface area contributed by atoms with E-state index in [1.807, 2.05) is 48.5 Å². The van der Waals surface area contributed by atoms with Crippen LogP contribution in [0.15, 0.2) is 78.4 Å². The summed E-state index contributed by atoms with van der Waals surface area (Å²) in [4.78, 5) is 28.5. The molecule has 3 aromatic carbocycles. The summed E-state index contributed by atoms with van der Waals surface area (Å²) >= 11 is 0. The third kappa shape index (κ3) is 4.91. The highest BCUT2D eigenvalue weighted by atomic mass is 16.5. The molecule has 1 unspecified atom stereocenters. The minimum Gasteiger partial charge on any atom is -0.507 e. The van der Waals surface area contributed by atoms with Crippen LogP contribution in [0, 0.1) is 0 Å². The van der Waals surface area contributed by atoms with Crippen LogP contribution in [0.25, 0.3) is 5.76 Å². The predicted octanol–water partition coefficient (Wildman–Crippen LogP) is 6.92. The van der Waals surface area contributed by atoms with Gasteiger partial charge < -0.3 is 9.84 Å². The number of carbonyl (C=O) groups is 2. The van der Waals surface area contributed by atoms with Gasteiger partial charge in [-0.3, -0.25) is 14.5 Å². The summed E-state index contributed by atoms with van der Waals surface area (Å²) in [5.74, 6) is -1.24. The zero-order valence-electron chi connectivity index (χ0n) is 22.6. The Bertz CT molecular complexity index is 1350. The Morgan fingerprint density at radius 1 is 0.784 bits per heavy atom. The van der Waals surface area contributed by atoms with Crippen LogP contribution in [0.2, 0.25) is 0 Å². The van der Waals surface area contributed by atoms with Gasteiger partial charge in [0.25, 0.3) is 11.7 Å². The lowest BCUT2D eigenvalue weighted by molar-refractivity contribution is -0.132. The topological polar surface area (TPSA) is 66.8 Å². The number of methoxy groups -OCH3 is 1. The summed E-state index contributed by atoms with van der Waals surface area (Å²) < 4.78 is 5.43. The van der Waals surface area contributed by atoms with Crippen LogP contribution in [0.4, 0.5) is 5.69 Å². The molecule has 3 aromatic rings. The van der Waals surface area contributed by atoms with Gasteiger partial charge in [-0.2, -0.15) is 0 Å². The second kappa shape index (κ2) is 9.55. The van der Waals surface area contributed by atoms with Gasteiger partial charge in [0.1, 0.15) is 11.5 Å². The van der Waals surface area contributed by atoms with Gasteiger partial charge in [0.2, 0.25) is 0 Å². The first-order valence-electron chi connectivity index (χ1n) is 12.5. The highest BCUT2D eigenvalue weighted by Crippen LogP contribution is 2.44. The number of ether oxygens (including phenoxy) is 1. The van der Waals surface area contributed by atoms with E-state index in [-0.39, 0.29) is 22.2 Å². The van der Waals surface area contributed by atoms with Gasteiger partial charge in [-0.15, -0.1) is 0 Å². The first-order valence-corrected chi connectivity index (χ1v) is 12.5. The first kappa shape index (κ1) is 26.2. The molecule has 1 atom stereocenters. The second-order valence-electron chi connectivity index (χ2n) is 11.5. The number of aliphatic hydroxyl groups excluding tert-OH is 1. The Kier molecular flexibility index (Phi) is 6.76. The van der Waals surface area contributed by atoms with E-state index in [1.165, 1.54) is 12.0 Å². The van der Waals surface area contributed by atoms with Gasteiger partial charge in [0, 0.05) is 5.69 Å². The average molecular weight is 498 g/mol. The number of Topliss-reactive ketones (excluding diaryl/α,β-unsaturated/α-hetero) is 1. The number of rotatable bonds is 4. The number of para-hydroxylation sites is 1. The summed E-state index contributed by atoms with van der Waals surface area (Å²) in [6.45, 7) is 12.8. The Hall–Kier alpha value is -3.86. The standard InChI is InChI=1S/C32H35NO4/c1-31(2,3)21-14-12-20(13-15-21)27-26(28(34)24-10-8-9-11-25(24)37-7)29(35)30(36)33(27)23-18-16-22(17-19-23)32(4,5)6/h8-19,27,34H,1-7H3/b28-26-. The van der Waals surface area contributed by atoms with E-state index in [0.29, 0.717) is 17.0 Å². The fraction of sp³-hybridized carbons (Fsp3) is 0.312. The Morgan fingerprint density at radius 2 is 1.30 bits per heavy atom. The smallest absolute Gasteiger partial charge is 0.300 e. The summed E-state index contributed by atoms with van der Waals surface area (Å²) in [7, 11) is 1.50. The maximum atomic E-state index is 13.5. The summed E-state index contributed by atoms with van der Waals surface area (Å²) in [5.41, 5.74) is 3.88. The van der Waals surface area contributed by atoms with Crippen molar-refractivity contribution in [3.63, 3.8) is 0 Å². The second-order valence-corrected chi connectivity index (χ2v) is 11.5. The summed E-state index contributed by atoms with van der Waals surface area (Å²) in [5, 5.41) is 11.5. The number of hydrogen-bond donors (Lipinski definition) is 1.